The molecule has 1 atom stereocenters. The van der Waals surface area contributed by atoms with Crippen LogP contribution in [0.1, 0.15) is 33.1 Å². The Hall–Kier alpha value is -0.370. The van der Waals surface area contributed by atoms with Crippen LogP contribution < -0.4 is 0 Å². The molecule has 1 radical (unpaired) electrons. The summed E-state index contributed by atoms with van der Waals surface area (Å²) in [4.78, 5) is 12.9. The molecule has 1 fully saturated rings. The topological polar surface area (TPSA) is 20.3 Å². The van der Waals surface area contributed by atoms with Crippen molar-refractivity contribution in [3.05, 3.63) is 0 Å². The van der Waals surface area contributed by atoms with Gasteiger partial charge in [0.15, 0.2) is 0 Å². The average Bonchev–Trinajstić information content (AvgIpc) is 2.51. The maximum absolute atomic E-state index is 10.7. The number of likely N-dealkylation sites (tertiary alicyclic amines) is 1. The van der Waals surface area contributed by atoms with Crippen LogP contribution in [0, 0.1) is 5.92 Å². The molecule has 12 heavy (non-hydrogen) atoms. The van der Waals surface area contributed by atoms with Crippen LogP contribution in [0.15, 0.2) is 0 Å². The Morgan fingerprint density at radius 2 is 1.92 bits per heavy atom. The quantitative estimate of drug-likeness (QED) is 0.635. The molecular weight excluding hydrogens is 150 g/mol. The summed E-state index contributed by atoms with van der Waals surface area (Å²) in [5.74, 6) is 0.594. The van der Waals surface area contributed by atoms with Crippen LogP contribution in [0.3, 0.4) is 0 Å². The molecule has 0 saturated carbocycles. The minimum absolute atomic E-state index is 0.0625. The van der Waals surface area contributed by atoms with Gasteiger partial charge in [0.2, 0.25) is 6.29 Å². The molecule has 0 aromatic heterocycles. The van der Waals surface area contributed by atoms with Gasteiger partial charge in [-0.25, -0.2) is 0 Å². The summed E-state index contributed by atoms with van der Waals surface area (Å²) in [5, 5.41) is 0. The zero-order valence-corrected chi connectivity index (χ0v) is 8.05. The summed E-state index contributed by atoms with van der Waals surface area (Å²) in [6.07, 6.45) is 5.61. The zero-order valence-electron chi connectivity index (χ0n) is 8.05. The maximum atomic E-state index is 10.7. The highest BCUT2D eigenvalue weighted by atomic mass is 16.1. The summed E-state index contributed by atoms with van der Waals surface area (Å²) in [7, 11) is 0. The van der Waals surface area contributed by atoms with Crippen molar-refractivity contribution in [1.82, 2.24) is 4.90 Å². The number of carbonyl (C=O) groups excluding carboxylic acids is 1. The first-order valence-corrected chi connectivity index (χ1v) is 4.85. The number of rotatable bonds is 4. The second kappa shape index (κ2) is 4.61. The minimum atomic E-state index is 0.0625. The molecule has 0 spiro atoms. The van der Waals surface area contributed by atoms with E-state index in [0.717, 1.165) is 19.5 Å². The van der Waals surface area contributed by atoms with E-state index in [1.165, 1.54) is 12.8 Å². The Kier molecular flexibility index (Phi) is 3.73. The smallest absolute Gasteiger partial charge is 0.217 e. The predicted octanol–water partition coefficient (Wildman–Crippen LogP) is 1.61. The van der Waals surface area contributed by atoms with Crippen LogP contribution in [0.5, 0.6) is 0 Å². The molecule has 0 bridgehead atoms. The van der Waals surface area contributed by atoms with Gasteiger partial charge < -0.3 is 0 Å². The molecule has 69 valence electrons. The lowest BCUT2D eigenvalue weighted by Crippen LogP contribution is -2.34. The lowest BCUT2D eigenvalue weighted by molar-refractivity contribution is 0.261. The van der Waals surface area contributed by atoms with E-state index in [0.29, 0.717) is 5.92 Å². The molecular formula is C10H18NO. The van der Waals surface area contributed by atoms with E-state index in [-0.39, 0.29) is 6.04 Å². The molecule has 1 saturated heterocycles. The minimum Gasteiger partial charge on any atom is -0.293 e. The van der Waals surface area contributed by atoms with Crippen molar-refractivity contribution in [1.29, 1.82) is 0 Å². The van der Waals surface area contributed by atoms with Gasteiger partial charge in [-0.05, 0) is 38.3 Å². The highest BCUT2D eigenvalue weighted by molar-refractivity contribution is 5.58. The fraction of sp³-hybridized carbons (Fsp3) is 0.900. The molecule has 0 amide bonds. The molecule has 0 unspecified atom stereocenters. The van der Waals surface area contributed by atoms with Gasteiger partial charge in [-0.1, -0.05) is 13.8 Å². The van der Waals surface area contributed by atoms with Gasteiger partial charge in [0.1, 0.15) is 0 Å². The molecule has 1 aliphatic heterocycles. The van der Waals surface area contributed by atoms with Crippen molar-refractivity contribution >= 4 is 6.29 Å². The van der Waals surface area contributed by atoms with Crippen LogP contribution in [-0.4, -0.2) is 30.3 Å². The molecule has 0 aromatic rings. The predicted molar refractivity (Wildman–Crippen MR) is 49.7 cm³/mol. The van der Waals surface area contributed by atoms with E-state index in [1.54, 1.807) is 0 Å². The van der Waals surface area contributed by atoms with Gasteiger partial charge in [0, 0.05) is 0 Å². The van der Waals surface area contributed by atoms with Crippen molar-refractivity contribution in [3.63, 3.8) is 0 Å². The normalized spacial score (nSPS) is 21.6. The summed E-state index contributed by atoms with van der Waals surface area (Å²) in [6.45, 7) is 6.49. The van der Waals surface area contributed by atoms with Gasteiger partial charge in [-0.3, -0.25) is 9.69 Å². The van der Waals surface area contributed by atoms with Gasteiger partial charge in [0.05, 0.1) is 6.04 Å². The average molecular weight is 168 g/mol. The summed E-state index contributed by atoms with van der Waals surface area (Å²) >= 11 is 0. The molecule has 2 heteroatoms. The van der Waals surface area contributed by atoms with Crippen molar-refractivity contribution in [2.24, 2.45) is 5.92 Å². The number of hydrogen-bond donors (Lipinski definition) is 0. The van der Waals surface area contributed by atoms with Crippen LogP contribution >= 0.6 is 0 Å². The lowest BCUT2D eigenvalue weighted by Gasteiger charge is -2.22. The lowest BCUT2D eigenvalue weighted by atomic mass is 10.0. The van der Waals surface area contributed by atoms with Crippen LogP contribution in [0.2, 0.25) is 0 Å². The monoisotopic (exact) mass is 168 g/mol. The van der Waals surface area contributed by atoms with E-state index in [4.69, 9.17) is 0 Å². The first-order valence-electron chi connectivity index (χ1n) is 4.85. The van der Waals surface area contributed by atoms with Gasteiger partial charge in [-0.2, -0.15) is 0 Å². The SMILES string of the molecule is CC(C)C[C@@H]([C]=O)N1CCCC1. The first-order chi connectivity index (χ1) is 5.74. The Morgan fingerprint density at radius 3 is 2.33 bits per heavy atom. The highest BCUT2D eigenvalue weighted by Crippen LogP contribution is 2.15. The van der Waals surface area contributed by atoms with Crippen molar-refractivity contribution < 1.29 is 4.79 Å². The molecule has 0 aliphatic carbocycles. The van der Waals surface area contributed by atoms with Crippen molar-refractivity contribution in [2.75, 3.05) is 13.1 Å². The summed E-state index contributed by atoms with van der Waals surface area (Å²) in [5.41, 5.74) is 0. The third-order valence-corrected chi connectivity index (χ3v) is 2.41. The summed E-state index contributed by atoms with van der Waals surface area (Å²) in [6, 6.07) is 0.0625. The highest BCUT2D eigenvalue weighted by Gasteiger charge is 2.22. The molecule has 1 rings (SSSR count). The van der Waals surface area contributed by atoms with Gasteiger partial charge >= 0.3 is 0 Å². The summed E-state index contributed by atoms with van der Waals surface area (Å²) < 4.78 is 0. The van der Waals surface area contributed by atoms with Crippen LogP contribution in [0.25, 0.3) is 0 Å². The number of nitrogens with zero attached hydrogens (tertiary/aromatic N) is 1. The third kappa shape index (κ3) is 2.59. The van der Waals surface area contributed by atoms with Gasteiger partial charge in [0.25, 0.3) is 0 Å². The fourth-order valence-corrected chi connectivity index (χ4v) is 1.77. The fourth-order valence-electron chi connectivity index (χ4n) is 1.77. The van der Waals surface area contributed by atoms with Crippen molar-refractivity contribution in [2.45, 2.75) is 39.2 Å². The van der Waals surface area contributed by atoms with Crippen LogP contribution in [-0.2, 0) is 4.79 Å². The Labute approximate surface area is 74.9 Å². The first kappa shape index (κ1) is 9.72. The van der Waals surface area contributed by atoms with Crippen LogP contribution in [0.4, 0.5) is 0 Å². The Bertz CT molecular complexity index is 139. The van der Waals surface area contributed by atoms with E-state index in [9.17, 15) is 4.79 Å². The molecule has 0 aromatic carbocycles. The van der Waals surface area contributed by atoms with E-state index < -0.39 is 0 Å². The Morgan fingerprint density at radius 1 is 1.33 bits per heavy atom. The third-order valence-electron chi connectivity index (χ3n) is 2.41. The van der Waals surface area contributed by atoms with E-state index in [2.05, 4.69) is 25.0 Å². The number of hydrogen-bond acceptors (Lipinski definition) is 2. The van der Waals surface area contributed by atoms with E-state index >= 15 is 0 Å². The molecule has 0 N–H and O–H groups in total. The largest absolute Gasteiger partial charge is 0.293 e. The van der Waals surface area contributed by atoms with E-state index in [1.807, 2.05) is 0 Å². The molecule has 1 aliphatic rings. The standard InChI is InChI=1S/C10H18NO/c1-9(2)7-10(8-12)11-5-3-4-6-11/h9-10H,3-7H2,1-2H3/t10-/m0/s1. The Balaban J connectivity index is 2.37. The molecule has 2 nitrogen and oxygen atoms in total. The molecule has 1 heterocycles. The maximum Gasteiger partial charge on any atom is 0.217 e. The van der Waals surface area contributed by atoms with Crippen molar-refractivity contribution in [3.8, 4) is 0 Å². The zero-order chi connectivity index (χ0) is 8.97. The second-order valence-electron chi connectivity index (χ2n) is 4.01. The second-order valence-corrected chi connectivity index (χ2v) is 4.01. The van der Waals surface area contributed by atoms with Gasteiger partial charge in [-0.15, -0.1) is 0 Å².